The Morgan fingerprint density at radius 2 is 1.77 bits per heavy atom. The van der Waals surface area contributed by atoms with Crippen LogP contribution in [0.25, 0.3) is 5.69 Å². The van der Waals surface area contributed by atoms with Crippen LogP contribution in [0.3, 0.4) is 0 Å². The van der Waals surface area contributed by atoms with E-state index in [9.17, 15) is 27.2 Å². The van der Waals surface area contributed by atoms with Gasteiger partial charge in [-0.3, -0.25) is 4.79 Å². The van der Waals surface area contributed by atoms with Gasteiger partial charge in [-0.1, -0.05) is 0 Å². The van der Waals surface area contributed by atoms with E-state index in [0.717, 1.165) is 35.0 Å². The third-order valence-corrected chi connectivity index (χ3v) is 2.50. The first-order valence-corrected chi connectivity index (χ1v) is 5.66. The van der Waals surface area contributed by atoms with E-state index >= 15 is 0 Å². The van der Waals surface area contributed by atoms with Gasteiger partial charge in [-0.2, -0.15) is 18.3 Å². The van der Waals surface area contributed by atoms with Gasteiger partial charge in [-0.05, 0) is 24.3 Å². The highest BCUT2D eigenvalue weighted by Crippen LogP contribution is 2.22. The molecule has 0 atom stereocenters. The molecule has 0 unspecified atom stereocenters. The number of nitrogens with one attached hydrogen (secondary N) is 1. The first-order chi connectivity index (χ1) is 10.2. The van der Waals surface area contributed by atoms with Crippen molar-refractivity contribution < 1.29 is 32.3 Å². The van der Waals surface area contributed by atoms with Crippen LogP contribution in [0.2, 0.25) is 0 Å². The van der Waals surface area contributed by atoms with Crippen molar-refractivity contribution in [3.8, 4) is 5.69 Å². The molecule has 0 aliphatic rings. The summed E-state index contributed by atoms with van der Waals surface area (Å²) in [6, 6.07) is 5.10. The van der Waals surface area contributed by atoms with E-state index in [1.807, 2.05) is 0 Å². The van der Waals surface area contributed by atoms with Crippen LogP contribution < -0.4 is 5.32 Å². The molecule has 6 nitrogen and oxygen atoms in total. The van der Waals surface area contributed by atoms with Crippen molar-refractivity contribution in [3.05, 3.63) is 41.8 Å². The predicted octanol–water partition coefficient (Wildman–Crippen LogP) is 2.21. The van der Waals surface area contributed by atoms with Gasteiger partial charge in [0.1, 0.15) is 11.6 Å². The normalized spacial score (nSPS) is 11.3. The average Bonchev–Trinajstić information content (AvgIpc) is 2.82. The van der Waals surface area contributed by atoms with Crippen molar-refractivity contribution in [3.63, 3.8) is 0 Å². The number of benzene rings is 1. The van der Waals surface area contributed by atoms with Crippen LogP contribution in [0.15, 0.2) is 30.3 Å². The molecule has 2 rings (SSSR count). The molecule has 1 amide bonds. The molecule has 116 valence electrons. The van der Waals surface area contributed by atoms with E-state index in [4.69, 9.17) is 5.11 Å². The van der Waals surface area contributed by atoms with Crippen LogP contribution in [0.4, 0.5) is 23.4 Å². The van der Waals surface area contributed by atoms with E-state index < -0.39 is 35.4 Å². The average molecular weight is 317 g/mol. The number of rotatable bonds is 3. The predicted molar refractivity (Wildman–Crippen MR) is 65.2 cm³/mol. The lowest BCUT2D eigenvalue weighted by atomic mass is 10.3. The molecule has 0 saturated heterocycles. The highest BCUT2D eigenvalue weighted by Gasteiger charge is 2.39. The number of hydrogen-bond acceptors (Lipinski definition) is 3. The molecular formula is C12H7F4N3O3. The number of nitrogens with zero attached hydrogens (tertiary/aromatic N) is 2. The monoisotopic (exact) mass is 317 g/mol. The third kappa shape index (κ3) is 3.22. The lowest BCUT2D eigenvalue weighted by Gasteiger charge is -2.10. The maximum Gasteiger partial charge on any atom is 0.471 e. The van der Waals surface area contributed by atoms with Gasteiger partial charge in [0.25, 0.3) is 0 Å². The molecule has 0 aliphatic carbocycles. The minimum absolute atomic E-state index is 0.0753. The number of anilines is 1. The summed E-state index contributed by atoms with van der Waals surface area (Å²) in [5.74, 6) is -4.89. The van der Waals surface area contributed by atoms with Crippen LogP contribution >= 0.6 is 0 Å². The Labute approximate surface area is 120 Å². The van der Waals surface area contributed by atoms with Crippen LogP contribution in [0.1, 0.15) is 10.5 Å². The van der Waals surface area contributed by atoms with Crippen molar-refractivity contribution in [1.29, 1.82) is 0 Å². The SMILES string of the molecule is O=C(O)c1cc(NC(=O)C(F)(F)F)n(-c2ccc(F)cc2)n1. The minimum atomic E-state index is -5.15. The molecule has 22 heavy (non-hydrogen) atoms. The number of carbonyl (C=O) groups is 2. The molecule has 1 heterocycles. The number of aromatic carboxylic acids is 1. The zero-order chi connectivity index (χ0) is 16.5. The van der Waals surface area contributed by atoms with Gasteiger partial charge in [0.2, 0.25) is 0 Å². The largest absolute Gasteiger partial charge is 0.476 e. The molecule has 0 aliphatic heterocycles. The molecule has 2 N–H and O–H groups in total. The lowest BCUT2D eigenvalue weighted by Crippen LogP contribution is -2.30. The number of amides is 1. The second-order valence-corrected chi connectivity index (χ2v) is 4.06. The highest BCUT2D eigenvalue weighted by molar-refractivity contribution is 5.95. The number of carbonyl (C=O) groups excluding carboxylic acids is 1. The molecule has 10 heteroatoms. The molecule has 0 spiro atoms. The van der Waals surface area contributed by atoms with Gasteiger partial charge in [-0.25, -0.2) is 13.9 Å². The molecule has 0 fully saturated rings. The van der Waals surface area contributed by atoms with Crippen molar-refractivity contribution >= 4 is 17.7 Å². The number of aromatic nitrogens is 2. The van der Waals surface area contributed by atoms with Crippen LogP contribution in [-0.2, 0) is 4.79 Å². The Balaban J connectivity index is 2.46. The summed E-state index contributed by atoms with van der Waals surface area (Å²) < 4.78 is 50.5. The fourth-order valence-corrected chi connectivity index (χ4v) is 1.54. The quantitative estimate of drug-likeness (QED) is 0.850. The zero-order valence-electron chi connectivity index (χ0n) is 10.6. The molecule has 0 saturated carbocycles. The fraction of sp³-hybridized carbons (Fsp3) is 0.0833. The standard InChI is InChI=1S/C12H7F4N3O3/c13-6-1-3-7(4-2-6)19-9(5-8(18-19)10(20)21)17-11(22)12(14,15)16/h1-5H,(H,17,22)(H,20,21). The van der Waals surface area contributed by atoms with Gasteiger partial charge in [0.05, 0.1) is 5.69 Å². The van der Waals surface area contributed by atoms with Crippen LogP contribution in [0.5, 0.6) is 0 Å². The van der Waals surface area contributed by atoms with Crippen molar-refractivity contribution in [2.75, 3.05) is 5.32 Å². The molecular weight excluding hydrogens is 310 g/mol. The second-order valence-electron chi connectivity index (χ2n) is 4.06. The molecule has 0 bridgehead atoms. The summed E-state index contributed by atoms with van der Waals surface area (Å²) in [6.45, 7) is 0. The first-order valence-electron chi connectivity index (χ1n) is 5.66. The molecule has 1 aromatic carbocycles. The lowest BCUT2D eigenvalue weighted by molar-refractivity contribution is -0.167. The van der Waals surface area contributed by atoms with Gasteiger partial charge in [0, 0.05) is 6.07 Å². The van der Waals surface area contributed by atoms with Gasteiger partial charge >= 0.3 is 18.1 Å². The van der Waals surface area contributed by atoms with Crippen LogP contribution in [-0.4, -0.2) is 32.9 Å². The Hall–Kier alpha value is -2.91. The van der Waals surface area contributed by atoms with E-state index in [1.54, 1.807) is 0 Å². The van der Waals surface area contributed by atoms with E-state index in [1.165, 1.54) is 5.32 Å². The van der Waals surface area contributed by atoms with Crippen molar-refractivity contribution in [1.82, 2.24) is 9.78 Å². The Morgan fingerprint density at radius 1 is 1.18 bits per heavy atom. The molecule has 0 radical (unpaired) electrons. The topological polar surface area (TPSA) is 84.2 Å². The Bertz CT molecular complexity index is 722. The van der Waals surface area contributed by atoms with Gasteiger partial charge in [0.15, 0.2) is 5.69 Å². The fourth-order valence-electron chi connectivity index (χ4n) is 1.54. The number of alkyl halides is 3. The summed E-state index contributed by atoms with van der Waals surface area (Å²) in [5, 5.41) is 13.9. The van der Waals surface area contributed by atoms with Crippen LogP contribution in [0, 0.1) is 5.82 Å². The van der Waals surface area contributed by atoms with Gasteiger partial charge < -0.3 is 10.4 Å². The Morgan fingerprint density at radius 3 is 2.27 bits per heavy atom. The van der Waals surface area contributed by atoms with Crippen molar-refractivity contribution in [2.24, 2.45) is 0 Å². The van der Waals surface area contributed by atoms with E-state index in [2.05, 4.69) is 5.10 Å². The van der Waals surface area contributed by atoms with E-state index in [-0.39, 0.29) is 5.69 Å². The summed E-state index contributed by atoms with van der Waals surface area (Å²) >= 11 is 0. The number of hydrogen-bond donors (Lipinski definition) is 2. The molecule has 1 aromatic heterocycles. The number of carboxylic acid groups (broad SMARTS) is 1. The number of carboxylic acids is 1. The summed E-state index contributed by atoms with van der Waals surface area (Å²) in [5.41, 5.74) is -0.506. The third-order valence-electron chi connectivity index (χ3n) is 2.50. The molecule has 2 aromatic rings. The first kappa shape index (κ1) is 15.5. The maximum atomic E-state index is 12.9. The maximum absolute atomic E-state index is 12.9. The smallest absolute Gasteiger partial charge is 0.471 e. The number of halogens is 4. The summed E-state index contributed by atoms with van der Waals surface area (Å²) in [6.07, 6.45) is -5.15. The van der Waals surface area contributed by atoms with Crippen molar-refractivity contribution in [2.45, 2.75) is 6.18 Å². The van der Waals surface area contributed by atoms with E-state index in [0.29, 0.717) is 0 Å². The second kappa shape index (κ2) is 5.47. The summed E-state index contributed by atoms with van der Waals surface area (Å²) in [4.78, 5) is 21.8. The summed E-state index contributed by atoms with van der Waals surface area (Å²) in [7, 11) is 0. The minimum Gasteiger partial charge on any atom is -0.476 e. The highest BCUT2D eigenvalue weighted by atomic mass is 19.4. The Kier molecular flexibility index (Phi) is 3.85. The van der Waals surface area contributed by atoms with Gasteiger partial charge in [-0.15, -0.1) is 0 Å². The zero-order valence-corrected chi connectivity index (χ0v) is 10.6.